The van der Waals surface area contributed by atoms with E-state index >= 15 is 0 Å². The molecule has 94 valence electrons. The van der Waals surface area contributed by atoms with Gasteiger partial charge in [-0.25, -0.2) is 0 Å². The zero-order valence-corrected chi connectivity index (χ0v) is 10.6. The summed E-state index contributed by atoms with van der Waals surface area (Å²) >= 11 is 5.81. The van der Waals surface area contributed by atoms with Crippen LogP contribution in [0.15, 0.2) is 42.7 Å². The molecule has 1 heterocycles. The summed E-state index contributed by atoms with van der Waals surface area (Å²) in [6.45, 7) is 0. The molecule has 1 unspecified atom stereocenters. The van der Waals surface area contributed by atoms with Crippen LogP contribution in [0.5, 0.6) is 0 Å². The number of pyridine rings is 1. The van der Waals surface area contributed by atoms with Crippen molar-refractivity contribution in [2.45, 2.75) is 18.9 Å². The van der Waals surface area contributed by atoms with Gasteiger partial charge < -0.3 is 10.8 Å². The van der Waals surface area contributed by atoms with Gasteiger partial charge >= 0.3 is 0 Å². The fraction of sp³-hybridized carbons (Fsp3) is 0.214. The zero-order valence-electron chi connectivity index (χ0n) is 9.88. The molecule has 0 fully saturated rings. The predicted octanol–water partition coefficient (Wildman–Crippen LogP) is 2.46. The first-order chi connectivity index (χ1) is 8.65. The summed E-state index contributed by atoms with van der Waals surface area (Å²) < 4.78 is 0. The van der Waals surface area contributed by atoms with Crippen LogP contribution in [0.25, 0.3) is 0 Å². The summed E-state index contributed by atoms with van der Waals surface area (Å²) in [5.74, 6) is 0. The molecular weight excluding hydrogens is 248 g/mol. The number of hydrogen-bond donors (Lipinski definition) is 2. The maximum absolute atomic E-state index is 10.0. The predicted molar refractivity (Wildman–Crippen MR) is 73.5 cm³/mol. The standard InChI is InChI=1S/C14H15ClN2O/c15-12-3-1-10(2-4-12)7-13(18)8-11-9-17-6-5-14(11)16/h1-6,9,13,18H,7-8H2,(H2,16,17). The second-order valence-electron chi connectivity index (χ2n) is 4.26. The second kappa shape index (κ2) is 5.85. The number of benzene rings is 1. The molecule has 0 bridgehead atoms. The van der Waals surface area contributed by atoms with E-state index in [2.05, 4.69) is 4.98 Å². The molecule has 0 saturated carbocycles. The Morgan fingerprint density at radius 2 is 1.89 bits per heavy atom. The quantitative estimate of drug-likeness (QED) is 0.890. The lowest BCUT2D eigenvalue weighted by Gasteiger charge is -2.12. The van der Waals surface area contributed by atoms with E-state index in [1.807, 2.05) is 24.3 Å². The molecule has 2 aromatic rings. The number of nitrogen functional groups attached to an aromatic ring is 1. The fourth-order valence-corrected chi connectivity index (χ4v) is 1.95. The molecule has 0 aliphatic heterocycles. The van der Waals surface area contributed by atoms with Gasteiger partial charge in [-0.15, -0.1) is 0 Å². The van der Waals surface area contributed by atoms with Gasteiger partial charge in [-0.2, -0.15) is 0 Å². The van der Waals surface area contributed by atoms with Gasteiger partial charge in [0.05, 0.1) is 6.10 Å². The van der Waals surface area contributed by atoms with Crippen LogP contribution in [0.3, 0.4) is 0 Å². The monoisotopic (exact) mass is 262 g/mol. The highest BCUT2D eigenvalue weighted by Gasteiger charge is 2.09. The van der Waals surface area contributed by atoms with Crippen molar-refractivity contribution in [3.63, 3.8) is 0 Å². The van der Waals surface area contributed by atoms with E-state index in [4.69, 9.17) is 17.3 Å². The number of aliphatic hydroxyl groups excluding tert-OH is 1. The highest BCUT2D eigenvalue weighted by atomic mass is 35.5. The summed E-state index contributed by atoms with van der Waals surface area (Å²) in [5, 5.41) is 10.7. The largest absolute Gasteiger partial charge is 0.398 e. The van der Waals surface area contributed by atoms with Crippen LogP contribution in [-0.4, -0.2) is 16.2 Å². The molecule has 0 saturated heterocycles. The highest BCUT2D eigenvalue weighted by molar-refractivity contribution is 6.30. The van der Waals surface area contributed by atoms with E-state index in [9.17, 15) is 5.11 Å². The molecule has 2 rings (SSSR count). The van der Waals surface area contributed by atoms with Crippen LogP contribution >= 0.6 is 11.6 Å². The second-order valence-corrected chi connectivity index (χ2v) is 4.70. The Bertz CT molecular complexity index is 513. The van der Waals surface area contributed by atoms with Gasteiger partial charge in [0.25, 0.3) is 0 Å². The summed E-state index contributed by atoms with van der Waals surface area (Å²) in [6, 6.07) is 9.21. The molecule has 0 aliphatic rings. The average molecular weight is 263 g/mol. The minimum absolute atomic E-state index is 0.474. The van der Waals surface area contributed by atoms with Crippen LogP contribution in [0.1, 0.15) is 11.1 Å². The van der Waals surface area contributed by atoms with Crippen LogP contribution in [-0.2, 0) is 12.8 Å². The van der Waals surface area contributed by atoms with Gasteiger partial charge in [-0.3, -0.25) is 4.98 Å². The third-order valence-corrected chi connectivity index (χ3v) is 3.03. The average Bonchev–Trinajstić information content (AvgIpc) is 2.35. The van der Waals surface area contributed by atoms with E-state index in [-0.39, 0.29) is 0 Å². The molecule has 18 heavy (non-hydrogen) atoms. The molecule has 0 aliphatic carbocycles. The summed E-state index contributed by atoms with van der Waals surface area (Å²) in [4.78, 5) is 4.01. The Kier molecular flexibility index (Phi) is 4.18. The van der Waals surface area contributed by atoms with Crippen molar-refractivity contribution in [2.24, 2.45) is 0 Å². The third kappa shape index (κ3) is 3.45. The number of anilines is 1. The molecule has 0 amide bonds. The molecule has 4 heteroatoms. The first-order valence-corrected chi connectivity index (χ1v) is 6.14. The van der Waals surface area contributed by atoms with Crippen LogP contribution < -0.4 is 5.73 Å². The topological polar surface area (TPSA) is 59.1 Å². The minimum Gasteiger partial charge on any atom is -0.398 e. The Hall–Kier alpha value is -1.58. The van der Waals surface area contributed by atoms with Crippen molar-refractivity contribution in [3.05, 3.63) is 58.9 Å². The summed E-state index contributed by atoms with van der Waals surface area (Å²) in [7, 11) is 0. The number of nitrogens with zero attached hydrogens (tertiary/aromatic N) is 1. The molecular formula is C14H15ClN2O. The van der Waals surface area contributed by atoms with Crippen molar-refractivity contribution >= 4 is 17.3 Å². The lowest BCUT2D eigenvalue weighted by molar-refractivity contribution is 0.175. The lowest BCUT2D eigenvalue weighted by atomic mass is 10.0. The number of rotatable bonds is 4. The van der Waals surface area contributed by atoms with E-state index in [0.29, 0.717) is 23.6 Å². The van der Waals surface area contributed by atoms with Crippen molar-refractivity contribution < 1.29 is 5.11 Å². The normalized spacial score (nSPS) is 12.3. The van der Waals surface area contributed by atoms with Gasteiger partial charge in [-0.1, -0.05) is 23.7 Å². The first-order valence-electron chi connectivity index (χ1n) is 5.76. The molecule has 3 N–H and O–H groups in total. The van der Waals surface area contributed by atoms with Crippen LogP contribution in [0.4, 0.5) is 5.69 Å². The highest BCUT2D eigenvalue weighted by Crippen LogP contribution is 2.15. The lowest BCUT2D eigenvalue weighted by Crippen LogP contribution is -2.15. The van der Waals surface area contributed by atoms with Gasteiger partial charge in [0, 0.05) is 29.5 Å². The Balaban J connectivity index is 1.99. The van der Waals surface area contributed by atoms with Gasteiger partial charge in [-0.05, 0) is 35.7 Å². The SMILES string of the molecule is Nc1ccncc1CC(O)Cc1ccc(Cl)cc1. The summed E-state index contributed by atoms with van der Waals surface area (Å²) in [6.07, 6.45) is 3.94. The number of aromatic nitrogens is 1. The molecule has 0 radical (unpaired) electrons. The number of halogens is 1. The van der Waals surface area contributed by atoms with Gasteiger partial charge in [0.2, 0.25) is 0 Å². The van der Waals surface area contributed by atoms with Gasteiger partial charge in [0.15, 0.2) is 0 Å². The van der Waals surface area contributed by atoms with Crippen LogP contribution in [0, 0.1) is 0 Å². The molecule has 3 nitrogen and oxygen atoms in total. The number of nitrogens with two attached hydrogens (primary N) is 1. The maximum atomic E-state index is 10.0. The Morgan fingerprint density at radius 3 is 2.56 bits per heavy atom. The summed E-state index contributed by atoms with van der Waals surface area (Å²) in [5.41, 5.74) is 8.40. The van der Waals surface area contributed by atoms with Crippen LogP contribution in [0.2, 0.25) is 5.02 Å². The molecule has 1 atom stereocenters. The molecule has 1 aromatic heterocycles. The minimum atomic E-state index is -0.474. The maximum Gasteiger partial charge on any atom is 0.0622 e. The van der Waals surface area contributed by atoms with E-state index in [0.717, 1.165) is 11.1 Å². The Labute approximate surface area is 111 Å². The van der Waals surface area contributed by atoms with Crippen molar-refractivity contribution in [1.29, 1.82) is 0 Å². The molecule has 0 spiro atoms. The van der Waals surface area contributed by atoms with E-state index in [1.54, 1.807) is 18.5 Å². The smallest absolute Gasteiger partial charge is 0.0622 e. The molecule has 1 aromatic carbocycles. The Morgan fingerprint density at radius 1 is 1.17 bits per heavy atom. The fourth-order valence-electron chi connectivity index (χ4n) is 1.83. The number of aliphatic hydroxyl groups is 1. The van der Waals surface area contributed by atoms with E-state index in [1.165, 1.54) is 0 Å². The van der Waals surface area contributed by atoms with Crippen molar-refractivity contribution in [3.8, 4) is 0 Å². The van der Waals surface area contributed by atoms with Crippen molar-refractivity contribution in [1.82, 2.24) is 4.98 Å². The third-order valence-electron chi connectivity index (χ3n) is 2.78. The van der Waals surface area contributed by atoms with E-state index < -0.39 is 6.10 Å². The van der Waals surface area contributed by atoms with Gasteiger partial charge in [0.1, 0.15) is 0 Å². The van der Waals surface area contributed by atoms with Crippen molar-refractivity contribution in [2.75, 3.05) is 5.73 Å². The first kappa shape index (κ1) is 12.9. The zero-order chi connectivity index (χ0) is 13.0. The number of hydrogen-bond acceptors (Lipinski definition) is 3.